The maximum absolute atomic E-state index is 5.86. The van der Waals surface area contributed by atoms with Crippen molar-refractivity contribution in [3.05, 3.63) is 60.7 Å². The van der Waals surface area contributed by atoms with E-state index in [1.807, 2.05) is 48.5 Å². The fraction of sp³-hybridized carbons (Fsp3) is 0.167. The summed E-state index contributed by atoms with van der Waals surface area (Å²) in [6, 6.07) is 18.3. The van der Waals surface area contributed by atoms with Crippen LogP contribution in [0.2, 0.25) is 0 Å². The summed E-state index contributed by atoms with van der Waals surface area (Å²) < 4.78 is 32.6. The van der Waals surface area contributed by atoms with Crippen molar-refractivity contribution < 1.29 is 28.2 Å². The average Bonchev–Trinajstić information content (AvgIpc) is 3.34. The van der Waals surface area contributed by atoms with Gasteiger partial charge in [0.2, 0.25) is 11.6 Å². The van der Waals surface area contributed by atoms with E-state index in [0.717, 1.165) is 11.3 Å². The van der Waals surface area contributed by atoms with E-state index in [9.17, 15) is 0 Å². The molecule has 8 nitrogen and oxygen atoms in total. The first-order chi connectivity index (χ1) is 15.6. The number of benzene rings is 3. The molecular weight excluding hydrogens is 412 g/mol. The van der Waals surface area contributed by atoms with Gasteiger partial charge in [-0.1, -0.05) is 5.16 Å². The lowest BCUT2D eigenvalue weighted by atomic mass is 10.1. The maximum Gasteiger partial charge on any atom is 0.258 e. The summed E-state index contributed by atoms with van der Waals surface area (Å²) in [4.78, 5) is 4.51. The van der Waals surface area contributed by atoms with Crippen LogP contribution in [0.4, 0.5) is 0 Å². The van der Waals surface area contributed by atoms with Crippen LogP contribution < -0.4 is 23.7 Å². The van der Waals surface area contributed by atoms with Crippen LogP contribution in [0.5, 0.6) is 34.5 Å². The molecule has 0 amide bonds. The molecule has 0 N–H and O–H groups in total. The standard InChI is InChI=1S/C24H22N2O6/c1-27-17-9-11-19(12-10-17)31-18-7-5-15(6-8-18)23-25-24(32-26-23)16-13-20(28-2)22(30-4)21(14-16)29-3/h5-14H,1-4H3. The second-order valence-electron chi connectivity index (χ2n) is 6.64. The number of methoxy groups -OCH3 is 4. The first kappa shape index (κ1) is 21.0. The smallest absolute Gasteiger partial charge is 0.258 e. The van der Waals surface area contributed by atoms with Crippen molar-refractivity contribution in [2.75, 3.05) is 28.4 Å². The molecule has 32 heavy (non-hydrogen) atoms. The van der Waals surface area contributed by atoms with Gasteiger partial charge in [-0.05, 0) is 60.7 Å². The molecule has 0 spiro atoms. The summed E-state index contributed by atoms with van der Waals surface area (Å²) in [5.74, 6) is 4.44. The second-order valence-corrected chi connectivity index (χ2v) is 6.64. The topological polar surface area (TPSA) is 85.1 Å². The van der Waals surface area contributed by atoms with Gasteiger partial charge in [0.25, 0.3) is 5.89 Å². The van der Waals surface area contributed by atoms with E-state index in [1.165, 1.54) is 0 Å². The SMILES string of the molecule is COc1ccc(Oc2ccc(-c3noc(-c4cc(OC)c(OC)c(OC)c4)n3)cc2)cc1. The van der Waals surface area contributed by atoms with Gasteiger partial charge in [0.15, 0.2) is 11.5 Å². The first-order valence-electron chi connectivity index (χ1n) is 9.71. The Balaban J connectivity index is 1.54. The second kappa shape index (κ2) is 9.30. The van der Waals surface area contributed by atoms with Gasteiger partial charge in [0.1, 0.15) is 17.2 Å². The van der Waals surface area contributed by atoms with Crippen molar-refractivity contribution in [3.63, 3.8) is 0 Å². The first-order valence-corrected chi connectivity index (χ1v) is 9.71. The highest BCUT2D eigenvalue weighted by molar-refractivity contribution is 5.67. The molecule has 4 aromatic rings. The van der Waals surface area contributed by atoms with Crippen LogP contribution in [-0.2, 0) is 0 Å². The van der Waals surface area contributed by atoms with Crippen molar-refractivity contribution in [2.45, 2.75) is 0 Å². The molecule has 0 aliphatic heterocycles. The van der Waals surface area contributed by atoms with Crippen LogP contribution in [0.1, 0.15) is 0 Å². The number of aromatic nitrogens is 2. The van der Waals surface area contributed by atoms with Gasteiger partial charge in [-0.2, -0.15) is 4.98 Å². The maximum atomic E-state index is 5.86. The third kappa shape index (κ3) is 4.29. The Morgan fingerprint density at radius 3 is 1.72 bits per heavy atom. The molecular formula is C24H22N2O6. The van der Waals surface area contributed by atoms with Gasteiger partial charge >= 0.3 is 0 Å². The number of rotatable bonds is 8. The van der Waals surface area contributed by atoms with Gasteiger partial charge < -0.3 is 28.2 Å². The van der Waals surface area contributed by atoms with E-state index < -0.39 is 0 Å². The normalized spacial score (nSPS) is 10.5. The zero-order chi connectivity index (χ0) is 22.5. The minimum Gasteiger partial charge on any atom is -0.497 e. The summed E-state index contributed by atoms with van der Waals surface area (Å²) in [5.41, 5.74) is 1.44. The lowest BCUT2D eigenvalue weighted by molar-refractivity contribution is 0.324. The van der Waals surface area contributed by atoms with Gasteiger partial charge in [-0.25, -0.2) is 0 Å². The van der Waals surface area contributed by atoms with Gasteiger partial charge in [-0.15, -0.1) is 0 Å². The highest BCUT2D eigenvalue weighted by Crippen LogP contribution is 2.41. The van der Waals surface area contributed by atoms with Crippen molar-refractivity contribution in [1.29, 1.82) is 0 Å². The van der Waals surface area contributed by atoms with Crippen LogP contribution in [0.3, 0.4) is 0 Å². The highest BCUT2D eigenvalue weighted by atomic mass is 16.5. The predicted octanol–water partition coefficient (Wildman–Crippen LogP) is 5.23. The highest BCUT2D eigenvalue weighted by Gasteiger charge is 2.18. The summed E-state index contributed by atoms with van der Waals surface area (Å²) in [6.45, 7) is 0. The fourth-order valence-electron chi connectivity index (χ4n) is 3.11. The molecule has 8 heteroatoms. The monoisotopic (exact) mass is 434 g/mol. The van der Waals surface area contributed by atoms with Crippen LogP contribution in [-0.4, -0.2) is 38.6 Å². The van der Waals surface area contributed by atoms with E-state index in [0.29, 0.717) is 46.0 Å². The van der Waals surface area contributed by atoms with E-state index in [4.69, 9.17) is 28.2 Å². The summed E-state index contributed by atoms with van der Waals surface area (Å²) >= 11 is 0. The number of ether oxygens (including phenoxy) is 5. The van der Waals surface area contributed by atoms with Crippen molar-refractivity contribution in [2.24, 2.45) is 0 Å². The predicted molar refractivity (Wildman–Crippen MR) is 118 cm³/mol. The molecule has 0 fully saturated rings. The van der Waals surface area contributed by atoms with E-state index in [1.54, 1.807) is 40.6 Å². The molecule has 0 saturated heterocycles. The number of nitrogens with zero attached hydrogens (tertiary/aromatic N) is 2. The molecule has 0 radical (unpaired) electrons. The molecule has 1 heterocycles. The molecule has 164 valence electrons. The molecule has 0 saturated carbocycles. The van der Waals surface area contributed by atoms with E-state index >= 15 is 0 Å². The number of hydrogen-bond donors (Lipinski definition) is 0. The van der Waals surface area contributed by atoms with Crippen LogP contribution >= 0.6 is 0 Å². The largest absolute Gasteiger partial charge is 0.497 e. The summed E-state index contributed by atoms with van der Waals surface area (Å²) in [5, 5.41) is 4.10. The van der Waals surface area contributed by atoms with Gasteiger partial charge in [-0.3, -0.25) is 0 Å². The molecule has 0 atom stereocenters. The number of hydrogen-bond acceptors (Lipinski definition) is 8. The minimum absolute atomic E-state index is 0.331. The Morgan fingerprint density at radius 2 is 1.19 bits per heavy atom. The molecule has 3 aromatic carbocycles. The van der Waals surface area contributed by atoms with Crippen LogP contribution in [0, 0.1) is 0 Å². The van der Waals surface area contributed by atoms with Crippen molar-refractivity contribution in [1.82, 2.24) is 10.1 Å². The van der Waals surface area contributed by atoms with Crippen molar-refractivity contribution >= 4 is 0 Å². The van der Waals surface area contributed by atoms with E-state index in [-0.39, 0.29) is 0 Å². The Kier molecular flexibility index (Phi) is 6.12. The molecule has 0 aliphatic rings. The summed E-state index contributed by atoms with van der Waals surface area (Å²) in [7, 11) is 6.28. The Labute approximate surface area is 185 Å². The van der Waals surface area contributed by atoms with Crippen LogP contribution in [0.25, 0.3) is 22.8 Å². The quantitative estimate of drug-likeness (QED) is 0.373. The Hall–Kier alpha value is -4.20. The molecule has 1 aromatic heterocycles. The summed E-state index contributed by atoms with van der Waals surface area (Å²) in [6.07, 6.45) is 0. The minimum atomic E-state index is 0.331. The van der Waals surface area contributed by atoms with Gasteiger partial charge in [0, 0.05) is 11.1 Å². The molecule has 4 rings (SSSR count). The van der Waals surface area contributed by atoms with Gasteiger partial charge in [0.05, 0.1) is 28.4 Å². The molecule has 0 aliphatic carbocycles. The lowest BCUT2D eigenvalue weighted by Crippen LogP contribution is -1.95. The molecule has 0 bridgehead atoms. The fourth-order valence-corrected chi connectivity index (χ4v) is 3.11. The van der Waals surface area contributed by atoms with Crippen LogP contribution in [0.15, 0.2) is 65.2 Å². The average molecular weight is 434 g/mol. The van der Waals surface area contributed by atoms with Crippen molar-refractivity contribution in [3.8, 4) is 57.3 Å². The Morgan fingerprint density at radius 1 is 0.625 bits per heavy atom. The zero-order valence-corrected chi connectivity index (χ0v) is 18.1. The van der Waals surface area contributed by atoms with E-state index in [2.05, 4.69) is 10.1 Å². The molecule has 0 unspecified atom stereocenters. The zero-order valence-electron chi connectivity index (χ0n) is 18.1. The third-order valence-corrected chi connectivity index (χ3v) is 4.75. The lowest BCUT2D eigenvalue weighted by Gasteiger charge is -2.12. The Bertz CT molecular complexity index is 1160. The third-order valence-electron chi connectivity index (χ3n) is 4.75.